The van der Waals surface area contributed by atoms with Crippen LogP contribution in [0.4, 0.5) is 0 Å². The van der Waals surface area contributed by atoms with E-state index in [0.717, 1.165) is 27.5 Å². The molecule has 2 aromatic heterocycles. The summed E-state index contributed by atoms with van der Waals surface area (Å²) >= 11 is 0. The summed E-state index contributed by atoms with van der Waals surface area (Å²) in [5.41, 5.74) is 3.17. The van der Waals surface area contributed by atoms with Crippen molar-refractivity contribution in [3.05, 3.63) is 102 Å². The molecule has 0 fully saturated rings. The number of hydrogen-bond acceptors (Lipinski definition) is 2. The van der Waals surface area contributed by atoms with Crippen molar-refractivity contribution in [2.75, 3.05) is 0 Å². The number of rotatable bonds is 3. The number of benzene rings is 3. The van der Waals surface area contributed by atoms with Gasteiger partial charge in [-0.15, -0.1) is 0 Å². The summed E-state index contributed by atoms with van der Waals surface area (Å²) in [6, 6.07) is 23.5. The van der Waals surface area contributed by atoms with Crippen molar-refractivity contribution >= 4 is 21.9 Å². The van der Waals surface area contributed by atoms with Crippen molar-refractivity contribution in [2.45, 2.75) is 13.2 Å². The van der Waals surface area contributed by atoms with Gasteiger partial charge in [-0.05, 0) is 60.2 Å². The summed E-state index contributed by atoms with van der Waals surface area (Å²) in [6.45, 7) is -2.49. The summed E-state index contributed by atoms with van der Waals surface area (Å²) < 4.78 is 47.2. The summed E-state index contributed by atoms with van der Waals surface area (Å²) in [5.74, 6) is 0. The molecule has 0 saturated carbocycles. The van der Waals surface area contributed by atoms with Crippen LogP contribution in [-0.4, -0.2) is 4.98 Å². The molecular weight excluding hydrogens is 330 g/mol. The van der Waals surface area contributed by atoms with Crippen molar-refractivity contribution in [3.8, 4) is 11.3 Å². The fourth-order valence-corrected chi connectivity index (χ4v) is 3.28. The maximum absolute atomic E-state index is 8.78. The summed E-state index contributed by atoms with van der Waals surface area (Å²) in [7, 11) is 0. The van der Waals surface area contributed by atoms with Gasteiger partial charge in [-0.2, -0.15) is 0 Å². The number of aromatic nitrogens is 1. The van der Waals surface area contributed by atoms with Gasteiger partial charge in [-0.1, -0.05) is 48.5 Å². The van der Waals surface area contributed by atoms with Gasteiger partial charge in [-0.3, -0.25) is 4.98 Å². The van der Waals surface area contributed by atoms with Crippen molar-refractivity contribution in [3.63, 3.8) is 0 Å². The zero-order valence-electron chi connectivity index (χ0n) is 19.4. The monoisotopic (exact) mass is 354 g/mol. The van der Waals surface area contributed by atoms with Crippen LogP contribution in [0.25, 0.3) is 33.2 Å². The molecule has 0 radical (unpaired) electrons. The molecule has 0 unspecified atom stereocenters. The van der Waals surface area contributed by atoms with Gasteiger partial charge in [0.15, 0.2) is 0 Å². The third-order valence-corrected chi connectivity index (χ3v) is 4.63. The number of pyridine rings is 1. The van der Waals surface area contributed by atoms with Crippen LogP contribution >= 0.6 is 0 Å². The average Bonchev–Trinajstić information content (AvgIpc) is 3.16. The Hall–Kier alpha value is -3.39. The van der Waals surface area contributed by atoms with E-state index < -0.39 is 13.2 Å². The second kappa shape index (κ2) is 6.40. The van der Waals surface area contributed by atoms with Crippen molar-refractivity contribution in [1.29, 1.82) is 0 Å². The van der Waals surface area contributed by atoms with E-state index in [4.69, 9.17) is 11.3 Å². The van der Waals surface area contributed by atoms with Crippen LogP contribution in [0.3, 0.4) is 0 Å². The maximum Gasteiger partial charge on any atom is 0.135 e. The molecule has 0 spiro atoms. The van der Waals surface area contributed by atoms with E-state index >= 15 is 0 Å². The SMILES string of the molecule is [2H]C([2H])([2H])c1cnc(-c2ccc3oc4ccccc4c3c2)cc1C([2H])([2H])c1ccccc1. The second-order valence-corrected chi connectivity index (χ2v) is 6.42. The van der Waals surface area contributed by atoms with Gasteiger partial charge in [0.25, 0.3) is 0 Å². The minimum Gasteiger partial charge on any atom is -0.456 e. The number of fused-ring (bicyclic) bond motifs is 3. The van der Waals surface area contributed by atoms with E-state index in [2.05, 4.69) is 4.98 Å². The molecule has 0 aliphatic carbocycles. The smallest absolute Gasteiger partial charge is 0.135 e. The molecule has 3 aromatic carbocycles. The fraction of sp³-hybridized carbons (Fsp3) is 0.0800. The van der Waals surface area contributed by atoms with Crippen LogP contribution in [-0.2, 0) is 6.37 Å². The Morgan fingerprint density at radius 2 is 1.70 bits per heavy atom. The Morgan fingerprint density at radius 3 is 2.59 bits per heavy atom. The van der Waals surface area contributed by atoms with Crippen LogP contribution in [0.15, 0.2) is 89.5 Å². The summed E-state index contributed by atoms with van der Waals surface area (Å²) in [6.07, 6.45) is -0.731. The number of para-hydroxylation sites is 1. The minimum atomic E-state index is -2.49. The largest absolute Gasteiger partial charge is 0.456 e. The van der Waals surface area contributed by atoms with Gasteiger partial charge in [-0.25, -0.2) is 0 Å². The Balaban J connectivity index is 1.71. The van der Waals surface area contributed by atoms with Crippen LogP contribution in [0.1, 0.15) is 23.5 Å². The number of aryl methyl sites for hydroxylation is 1. The standard InChI is InChI=1S/C25H19NO/c1-17-16-26-23(15-20(17)13-18-7-3-2-4-8-18)19-11-12-25-22(14-19)21-9-5-6-10-24(21)27-25/h2-12,14-16H,13H2,1H3/i1D3,13D2. The zero-order chi connectivity index (χ0) is 22.5. The molecule has 2 heteroatoms. The highest BCUT2D eigenvalue weighted by Crippen LogP contribution is 2.32. The topological polar surface area (TPSA) is 26.0 Å². The lowest BCUT2D eigenvalue weighted by Crippen LogP contribution is -1.95. The first-order valence-corrected chi connectivity index (χ1v) is 8.73. The highest BCUT2D eigenvalue weighted by Gasteiger charge is 2.10. The molecule has 0 N–H and O–H groups in total. The predicted molar refractivity (Wildman–Crippen MR) is 111 cm³/mol. The van der Waals surface area contributed by atoms with E-state index in [0.29, 0.717) is 11.3 Å². The highest BCUT2D eigenvalue weighted by molar-refractivity contribution is 6.06. The van der Waals surface area contributed by atoms with E-state index in [9.17, 15) is 0 Å². The molecule has 0 atom stereocenters. The zero-order valence-corrected chi connectivity index (χ0v) is 14.4. The first-order chi connectivity index (χ1) is 15.2. The Kier molecular flexibility index (Phi) is 2.69. The van der Waals surface area contributed by atoms with Gasteiger partial charge < -0.3 is 4.42 Å². The number of furan rings is 1. The van der Waals surface area contributed by atoms with Crippen LogP contribution in [0.2, 0.25) is 0 Å². The Morgan fingerprint density at radius 1 is 0.889 bits per heavy atom. The summed E-state index contributed by atoms with van der Waals surface area (Å²) in [4.78, 5) is 4.40. The molecule has 5 rings (SSSR count). The van der Waals surface area contributed by atoms with Crippen molar-refractivity contribution in [1.82, 2.24) is 4.98 Å². The average molecular weight is 354 g/mol. The third kappa shape index (κ3) is 2.89. The number of nitrogens with zero attached hydrogens (tertiary/aromatic N) is 1. The normalized spacial score (nSPS) is 15.0. The lowest BCUT2D eigenvalue weighted by molar-refractivity contribution is 0.669. The van der Waals surface area contributed by atoms with Gasteiger partial charge in [0.1, 0.15) is 11.2 Å². The van der Waals surface area contributed by atoms with Crippen LogP contribution in [0.5, 0.6) is 0 Å². The van der Waals surface area contributed by atoms with E-state index in [1.165, 1.54) is 6.20 Å². The third-order valence-electron chi connectivity index (χ3n) is 4.63. The molecule has 0 amide bonds. The van der Waals surface area contributed by atoms with Crippen molar-refractivity contribution in [2.24, 2.45) is 0 Å². The van der Waals surface area contributed by atoms with E-state index in [1.54, 1.807) is 36.4 Å². The molecular formula is C25H19NO. The summed E-state index contributed by atoms with van der Waals surface area (Å²) in [5, 5.41) is 1.90. The first-order valence-electron chi connectivity index (χ1n) is 11.2. The minimum absolute atomic E-state index is 0.0887. The van der Waals surface area contributed by atoms with Crippen molar-refractivity contribution < 1.29 is 11.3 Å². The number of hydrogen-bond donors (Lipinski definition) is 0. The maximum atomic E-state index is 8.78. The second-order valence-electron chi connectivity index (χ2n) is 6.42. The van der Waals surface area contributed by atoms with Gasteiger partial charge in [0, 0.05) is 29.4 Å². The predicted octanol–water partition coefficient (Wildman–Crippen LogP) is 6.55. The first kappa shape index (κ1) is 11.3. The Labute approximate surface area is 165 Å². The van der Waals surface area contributed by atoms with Crippen LogP contribution < -0.4 is 0 Å². The Bertz CT molecular complexity index is 1440. The van der Waals surface area contributed by atoms with Gasteiger partial charge >= 0.3 is 0 Å². The highest BCUT2D eigenvalue weighted by atomic mass is 16.3. The molecule has 2 heterocycles. The lowest BCUT2D eigenvalue weighted by Gasteiger charge is -2.09. The van der Waals surface area contributed by atoms with E-state index in [-0.39, 0.29) is 11.1 Å². The molecule has 27 heavy (non-hydrogen) atoms. The van der Waals surface area contributed by atoms with Gasteiger partial charge in [0.2, 0.25) is 0 Å². The lowest BCUT2D eigenvalue weighted by atomic mass is 9.99. The van der Waals surface area contributed by atoms with Gasteiger partial charge in [0.05, 0.1) is 5.69 Å². The molecule has 0 bridgehead atoms. The molecule has 130 valence electrons. The van der Waals surface area contributed by atoms with E-state index in [1.807, 2.05) is 42.5 Å². The molecule has 2 nitrogen and oxygen atoms in total. The molecule has 0 saturated heterocycles. The van der Waals surface area contributed by atoms with Crippen LogP contribution in [0, 0.1) is 6.85 Å². The fourth-order valence-electron chi connectivity index (χ4n) is 3.28. The molecule has 5 aromatic rings. The quantitative estimate of drug-likeness (QED) is 0.367. The molecule has 0 aliphatic rings. The molecule has 0 aliphatic heterocycles.